The Morgan fingerprint density at radius 2 is 1.52 bits per heavy atom. The summed E-state index contributed by atoms with van der Waals surface area (Å²) in [5.41, 5.74) is 11.4. The van der Waals surface area contributed by atoms with Crippen molar-refractivity contribution in [2.24, 2.45) is 11.5 Å². The number of aliphatic carboxylic acids is 2. The van der Waals surface area contributed by atoms with Crippen molar-refractivity contribution in [3.05, 3.63) is 18.2 Å². The van der Waals surface area contributed by atoms with Crippen LogP contribution in [-0.2, 0) is 35.2 Å². The molecule has 16 heteroatoms. The third-order valence-electron chi connectivity index (χ3n) is 4.18. The standard InChI is InChI=1S/C17H25N7O8S/c18-8(1-7-4-20-6-21-7)14(28)22-10(3-13(26)27)16(30)23-9(2-12(19)25)15(29)24-11(5-33)17(31)32/h4,6,8-11,33H,1-3,5,18H2,(H2,19,25)(H,20,21)(H,22,28)(H,23,30)(H,24,29)(H,26,27)(H,31,32). The number of rotatable bonds is 14. The molecule has 1 aromatic heterocycles. The van der Waals surface area contributed by atoms with Crippen molar-refractivity contribution in [2.75, 3.05) is 5.75 Å². The zero-order valence-corrected chi connectivity index (χ0v) is 18.1. The Morgan fingerprint density at radius 3 is 1.97 bits per heavy atom. The number of hydrogen-bond acceptors (Lipinski definition) is 9. The zero-order chi connectivity index (χ0) is 25.1. The first-order valence-electron chi connectivity index (χ1n) is 9.42. The topological polar surface area (TPSA) is 260 Å². The smallest absolute Gasteiger partial charge is 0.327 e. The van der Waals surface area contributed by atoms with Gasteiger partial charge in [-0.15, -0.1) is 0 Å². The number of carboxylic acid groups (broad SMARTS) is 2. The van der Waals surface area contributed by atoms with Crippen LogP contribution in [0.1, 0.15) is 18.5 Å². The van der Waals surface area contributed by atoms with E-state index in [-0.39, 0.29) is 12.2 Å². The fourth-order valence-corrected chi connectivity index (χ4v) is 2.78. The number of nitrogens with one attached hydrogen (secondary N) is 4. The van der Waals surface area contributed by atoms with Gasteiger partial charge in [-0.25, -0.2) is 9.78 Å². The third kappa shape index (κ3) is 9.56. The molecule has 0 saturated carbocycles. The summed E-state index contributed by atoms with van der Waals surface area (Å²) in [5, 5.41) is 24.5. The fraction of sp³-hybridized carbons (Fsp3) is 0.471. The van der Waals surface area contributed by atoms with Gasteiger partial charge in [-0.3, -0.25) is 24.0 Å². The van der Waals surface area contributed by atoms with E-state index in [2.05, 4.69) is 38.5 Å². The Bertz CT molecular complexity index is 879. The SMILES string of the molecule is NC(=O)CC(NC(=O)C(CC(=O)O)NC(=O)C(N)Cc1cnc[nH]1)C(=O)NC(CS)C(=O)O. The molecule has 1 heterocycles. The molecule has 0 spiro atoms. The van der Waals surface area contributed by atoms with E-state index in [4.69, 9.17) is 21.7 Å². The monoisotopic (exact) mass is 487 g/mol. The number of hydrogen-bond donors (Lipinski definition) is 9. The average molecular weight is 487 g/mol. The highest BCUT2D eigenvalue weighted by molar-refractivity contribution is 7.80. The number of imidazole rings is 1. The van der Waals surface area contributed by atoms with Crippen LogP contribution in [0.4, 0.5) is 0 Å². The van der Waals surface area contributed by atoms with Crippen molar-refractivity contribution < 1.29 is 39.0 Å². The number of H-pyrrole nitrogens is 1. The van der Waals surface area contributed by atoms with Crippen molar-refractivity contribution in [1.82, 2.24) is 25.9 Å². The summed E-state index contributed by atoms with van der Waals surface area (Å²) in [6.45, 7) is 0. The zero-order valence-electron chi connectivity index (χ0n) is 17.2. The van der Waals surface area contributed by atoms with E-state index < -0.39 is 72.6 Å². The van der Waals surface area contributed by atoms with E-state index in [9.17, 15) is 28.8 Å². The Hall–Kier alpha value is -3.66. The summed E-state index contributed by atoms with van der Waals surface area (Å²) < 4.78 is 0. The molecule has 0 aliphatic carbocycles. The summed E-state index contributed by atoms with van der Waals surface area (Å²) in [6.07, 6.45) is 1.22. The Kier molecular flexibility index (Phi) is 10.8. The molecule has 4 unspecified atom stereocenters. The summed E-state index contributed by atoms with van der Waals surface area (Å²) in [7, 11) is 0. The minimum atomic E-state index is -1.66. The summed E-state index contributed by atoms with van der Waals surface area (Å²) in [5.74, 6) is -7.21. The summed E-state index contributed by atoms with van der Waals surface area (Å²) in [6, 6.07) is -5.89. The van der Waals surface area contributed by atoms with Crippen molar-refractivity contribution in [2.45, 2.75) is 43.4 Å². The average Bonchev–Trinajstić information content (AvgIpc) is 3.22. The van der Waals surface area contributed by atoms with E-state index >= 15 is 0 Å². The third-order valence-corrected chi connectivity index (χ3v) is 4.54. The van der Waals surface area contributed by atoms with Crippen molar-refractivity contribution in [3.8, 4) is 0 Å². The number of carbonyl (C=O) groups excluding carboxylic acids is 4. The number of nitrogens with two attached hydrogens (primary N) is 2. The molecule has 15 nitrogen and oxygen atoms in total. The van der Waals surface area contributed by atoms with E-state index in [0.717, 1.165) is 0 Å². The minimum absolute atomic E-state index is 0.0141. The molecule has 0 fully saturated rings. The van der Waals surface area contributed by atoms with E-state index in [1.165, 1.54) is 12.5 Å². The highest BCUT2D eigenvalue weighted by Gasteiger charge is 2.32. The van der Waals surface area contributed by atoms with Gasteiger partial charge in [-0.1, -0.05) is 0 Å². The van der Waals surface area contributed by atoms with Gasteiger partial charge in [-0.2, -0.15) is 12.6 Å². The highest BCUT2D eigenvalue weighted by atomic mass is 32.1. The number of amides is 4. The molecule has 0 aromatic carbocycles. The molecule has 0 aliphatic rings. The van der Waals surface area contributed by atoms with Crippen LogP contribution in [0.5, 0.6) is 0 Å². The second kappa shape index (κ2) is 13.0. The number of primary amides is 1. The molecular formula is C17H25N7O8S. The van der Waals surface area contributed by atoms with Crippen LogP contribution in [0.2, 0.25) is 0 Å². The van der Waals surface area contributed by atoms with E-state index in [1.807, 2.05) is 0 Å². The number of nitrogens with zero attached hydrogens (tertiary/aromatic N) is 1. The molecule has 0 aliphatic heterocycles. The van der Waals surface area contributed by atoms with Crippen LogP contribution in [-0.4, -0.2) is 85.7 Å². The number of aromatic nitrogens is 2. The van der Waals surface area contributed by atoms with E-state index in [0.29, 0.717) is 5.69 Å². The van der Waals surface area contributed by atoms with Crippen molar-refractivity contribution in [1.29, 1.82) is 0 Å². The van der Waals surface area contributed by atoms with Crippen molar-refractivity contribution >= 4 is 48.2 Å². The van der Waals surface area contributed by atoms with Crippen LogP contribution >= 0.6 is 12.6 Å². The molecule has 0 radical (unpaired) electrons. The highest BCUT2D eigenvalue weighted by Crippen LogP contribution is 2.02. The van der Waals surface area contributed by atoms with Crippen LogP contribution in [0.3, 0.4) is 0 Å². The quantitative estimate of drug-likeness (QED) is 0.115. The Balaban J connectivity index is 2.93. The minimum Gasteiger partial charge on any atom is -0.481 e. The van der Waals surface area contributed by atoms with Crippen LogP contribution in [0.15, 0.2) is 12.5 Å². The number of thiol groups is 1. The first kappa shape index (κ1) is 27.4. The van der Waals surface area contributed by atoms with Gasteiger partial charge in [0, 0.05) is 24.1 Å². The van der Waals surface area contributed by atoms with Gasteiger partial charge in [0.15, 0.2) is 0 Å². The molecule has 0 bridgehead atoms. The first-order chi connectivity index (χ1) is 15.4. The largest absolute Gasteiger partial charge is 0.481 e. The lowest BCUT2D eigenvalue weighted by atomic mass is 10.1. The first-order valence-corrected chi connectivity index (χ1v) is 10.1. The van der Waals surface area contributed by atoms with Crippen LogP contribution in [0.25, 0.3) is 0 Å². The number of carboxylic acids is 2. The van der Waals surface area contributed by atoms with Gasteiger partial charge >= 0.3 is 11.9 Å². The maximum atomic E-state index is 12.6. The molecule has 1 aromatic rings. The normalized spacial score (nSPS) is 14.2. The lowest BCUT2D eigenvalue weighted by Crippen LogP contribution is -2.58. The second-order valence-electron chi connectivity index (χ2n) is 6.86. The van der Waals surface area contributed by atoms with Gasteiger partial charge < -0.3 is 42.6 Å². The molecule has 33 heavy (non-hydrogen) atoms. The summed E-state index contributed by atoms with van der Waals surface area (Å²) >= 11 is 3.79. The molecular weight excluding hydrogens is 462 g/mol. The lowest BCUT2D eigenvalue weighted by molar-refractivity contribution is -0.143. The number of aromatic amines is 1. The maximum Gasteiger partial charge on any atom is 0.327 e. The molecule has 0 saturated heterocycles. The lowest BCUT2D eigenvalue weighted by Gasteiger charge is -2.23. The van der Waals surface area contributed by atoms with Gasteiger partial charge in [-0.05, 0) is 0 Å². The Labute approximate surface area is 192 Å². The molecule has 10 N–H and O–H groups in total. The molecule has 1 rings (SSSR count). The van der Waals surface area contributed by atoms with Gasteiger partial charge in [0.2, 0.25) is 23.6 Å². The van der Waals surface area contributed by atoms with Crippen LogP contribution < -0.4 is 27.4 Å². The van der Waals surface area contributed by atoms with E-state index in [1.54, 1.807) is 0 Å². The predicted molar refractivity (Wildman–Crippen MR) is 114 cm³/mol. The molecule has 182 valence electrons. The van der Waals surface area contributed by atoms with Gasteiger partial charge in [0.1, 0.15) is 18.1 Å². The maximum absolute atomic E-state index is 12.6. The van der Waals surface area contributed by atoms with Crippen LogP contribution in [0, 0.1) is 0 Å². The Morgan fingerprint density at radius 1 is 0.970 bits per heavy atom. The summed E-state index contributed by atoms with van der Waals surface area (Å²) in [4.78, 5) is 77.5. The number of carbonyl (C=O) groups is 6. The van der Waals surface area contributed by atoms with Crippen molar-refractivity contribution in [3.63, 3.8) is 0 Å². The second-order valence-corrected chi connectivity index (χ2v) is 7.23. The van der Waals surface area contributed by atoms with Gasteiger partial charge in [0.25, 0.3) is 0 Å². The molecule has 4 amide bonds. The predicted octanol–water partition coefficient (Wildman–Crippen LogP) is -3.90. The fourth-order valence-electron chi connectivity index (χ4n) is 2.53. The molecule has 4 atom stereocenters. The van der Waals surface area contributed by atoms with Gasteiger partial charge in [0.05, 0.1) is 25.2 Å².